The van der Waals surface area contributed by atoms with Crippen LogP contribution in [0.5, 0.6) is 11.5 Å². The predicted octanol–water partition coefficient (Wildman–Crippen LogP) is 4.25. The SMILES string of the molecule is CCOc1ccc([C@H]2CC(=O)Nc3nc(SCc4ccccc4C)[nH]c(=O)c32)cc1OC. The lowest BCUT2D eigenvalue weighted by Gasteiger charge is -2.25. The number of carbonyl (C=O) groups excluding carboxylic acids is 1. The van der Waals surface area contributed by atoms with Gasteiger partial charge < -0.3 is 19.8 Å². The maximum Gasteiger partial charge on any atom is 0.257 e. The predicted molar refractivity (Wildman–Crippen MR) is 125 cm³/mol. The summed E-state index contributed by atoms with van der Waals surface area (Å²) in [6.07, 6.45) is 0.157. The van der Waals surface area contributed by atoms with Gasteiger partial charge in [0.05, 0.1) is 19.3 Å². The van der Waals surface area contributed by atoms with E-state index in [1.807, 2.05) is 31.2 Å². The van der Waals surface area contributed by atoms with Gasteiger partial charge in [0.2, 0.25) is 5.91 Å². The fourth-order valence-electron chi connectivity index (χ4n) is 3.80. The first-order valence-electron chi connectivity index (χ1n) is 10.4. The molecule has 1 aliphatic heterocycles. The third kappa shape index (κ3) is 4.50. The van der Waals surface area contributed by atoms with Crippen LogP contribution in [0.15, 0.2) is 52.4 Å². The van der Waals surface area contributed by atoms with Crippen molar-refractivity contribution in [1.82, 2.24) is 9.97 Å². The molecule has 166 valence electrons. The van der Waals surface area contributed by atoms with E-state index in [0.717, 1.165) is 5.56 Å². The number of nitrogens with one attached hydrogen (secondary N) is 2. The molecule has 2 aromatic carbocycles. The number of hydrogen-bond donors (Lipinski definition) is 2. The van der Waals surface area contributed by atoms with E-state index in [1.165, 1.54) is 22.9 Å². The number of aryl methyl sites for hydroxylation is 1. The molecule has 3 aromatic rings. The van der Waals surface area contributed by atoms with Crippen LogP contribution in [-0.2, 0) is 10.5 Å². The van der Waals surface area contributed by atoms with Crippen LogP contribution in [0, 0.1) is 6.92 Å². The highest BCUT2D eigenvalue weighted by Crippen LogP contribution is 2.38. The molecule has 0 unspecified atom stereocenters. The molecule has 4 rings (SSSR count). The summed E-state index contributed by atoms with van der Waals surface area (Å²) < 4.78 is 11.0. The molecule has 0 spiro atoms. The van der Waals surface area contributed by atoms with Crippen LogP contribution in [0.2, 0.25) is 0 Å². The molecule has 2 N–H and O–H groups in total. The van der Waals surface area contributed by atoms with E-state index in [0.29, 0.717) is 40.4 Å². The Morgan fingerprint density at radius 1 is 1.16 bits per heavy atom. The van der Waals surface area contributed by atoms with Crippen LogP contribution in [0.4, 0.5) is 5.82 Å². The number of methoxy groups -OCH3 is 1. The summed E-state index contributed by atoms with van der Waals surface area (Å²) in [6.45, 7) is 4.46. The third-order valence-corrected chi connectivity index (χ3v) is 6.37. The molecule has 7 nitrogen and oxygen atoms in total. The van der Waals surface area contributed by atoms with Crippen molar-refractivity contribution in [1.29, 1.82) is 0 Å². The van der Waals surface area contributed by atoms with Gasteiger partial charge in [-0.05, 0) is 42.7 Å². The maximum absolute atomic E-state index is 13.1. The minimum atomic E-state index is -0.421. The molecule has 32 heavy (non-hydrogen) atoms. The minimum Gasteiger partial charge on any atom is -0.493 e. The first-order chi connectivity index (χ1) is 15.5. The number of nitrogens with zero attached hydrogens (tertiary/aromatic N) is 1. The third-order valence-electron chi connectivity index (χ3n) is 5.44. The zero-order chi connectivity index (χ0) is 22.7. The van der Waals surface area contributed by atoms with Crippen LogP contribution < -0.4 is 20.3 Å². The van der Waals surface area contributed by atoms with Crippen molar-refractivity contribution in [3.05, 3.63) is 75.1 Å². The second-order valence-corrected chi connectivity index (χ2v) is 8.46. The highest BCUT2D eigenvalue weighted by Gasteiger charge is 2.31. The maximum atomic E-state index is 13.1. The number of amides is 1. The van der Waals surface area contributed by atoms with Crippen LogP contribution in [0.3, 0.4) is 0 Å². The fraction of sp³-hybridized carbons (Fsp3) is 0.292. The molecule has 0 bridgehead atoms. The van der Waals surface area contributed by atoms with Gasteiger partial charge in [0.15, 0.2) is 16.7 Å². The number of benzene rings is 2. The second-order valence-electron chi connectivity index (χ2n) is 7.50. The van der Waals surface area contributed by atoms with E-state index in [-0.39, 0.29) is 17.9 Å². The molecule has 1 aromatic heterocycles. The Hall–Kier alpha value is -3.26. The van der Waals surface area contributed by atoms with Gasteiger partial charge in [0, 0.05) is 18.1 Å². The lowest BCUT2D eigenvalue weighted by molar-refractivity contribution is -0.116. The molecule has 0 fully saturated rings. The standard InChI is InChI=1S/C24H25N3O4S/c1-4-31-18-10-9-15(11-19(18)30-3)17-12-20(28)25-22-21(17)23(29)27-24(26-22)32-13-16-8-6-5-7-14(16)2/h5-11,17H,4,12-13H2,1-3H3,(H2,25,26,27,28,29)/t17-/m1/s1. The van der Waals surface area contributed by atoms with Gasteiger partial charge in [-0.25, -0.2) is 4.98 Å². The van der Waals surface area contributed by atoms with Gasteiger partial charge >= 0.3 is 0 Å². The number of anilines is 1. The number of H-pyrrole nitrogens is 1. The molecule has 0 saturated carbocycles. The van der Waals surface area contributed by atoms with Gasteiger partial charge in [-0.3, -0.25) is 9.59 Å². The zero-order valence-electron chi connectivity index (χ0n) is 18.2. The molecule has 1 atom stereocenters. The van der Waals surface area contributed by atoms with E-state index in [1.54, 1.807) is 13.2 Å². The van der Waals surface area contributed by atoms with E-state index in [9.17, 15) is 9.59 Å². The monoisotopic (exact) mass is 451 g/mol. The fourth-order valence-corrected chi connectivity index (χ4v) is 4.73. The average molecular weight is 452 g/mol. The van der Waals surface area contributed by atoms with Crippen molar-refractivity contribution in [3.8, 4) is 11.5 Å². The first-order valence-corrected chi connectivity index (χ1v) is 11.4. The number of ether oxygens (including phenoxy) is 2. The average Bonchev–Trinajstić information content (AvgIpc) is 2.78. The van der Waals surface area contributed by atoms with Crippen molar-refractivity contribution in [3.63, 3.8) is 0 Å². The molecule has 0 aliphatic carbocycles. The summed E-state index contributed by atoms with van der Waals surface area (Å²) in [4.78, 5) is 33.0. The normalized spacial score (nSPS) is 15.1. The number of aromatic amines is 1. The van der Waals surface area contributed by atoms with Gasteiger partial charge in [-0.15, -0.1) is 0 Å². The number of thioether (sulfide) groups is 1. The van der Waals surface area contributed by atoms with Crippen LogP contribution >= 0.6 is 11.8 Å². The molecule has 0 radical (unpaired) electrons. The van der Waals surface area contributed by atoms with Crippen LogP contribution in [-0.4, -0.2) is 29.6 Å². The van der Waals surface area contributed by atoms with E-state index < -0.39 is 5.92 Å². The van der Waals surface area contributed by atoms with Crippen LogP contribution in [0.25, 0.3) is 0 Å². The minimum absolute atomic E-state index is 0.157. The lowest BCUT2D eigenvalue weighted by Crippen LogP contribution is -2.31. The molecular formula is C24H25N3O4S. The summed E-state index contributed by atoms with van der Waals surface area (Å²) in [5.74, 6) is 1.57. The number of hydrogen-bond acceptors (Lipinski definition) is 6. The zero-order valence-corrected chi connectivity index (χ0v) is 19.0. The Balaban J connectivity index is 1.66. The Bertz CT molecular complexity index is 1210. The first kappa shape index (κ1) is 22.0. The topological polar surface area (TPSA) is 93.3 Å². The van der Waals surface area contributed by atoms with Crippen molar-refractivity contribution < 1.29 is 14.3 Å². The van der Waals surface area contributed by atoms with Crippen LogP contribution in [0.1, 0.15) is 41.5 Å². The van der Waals surface area contributed by atoms with Gasteiger partial charge in [-0.1, -0.05) is 42.1 Å². The summed E-state index contributed by atoms with van der Waals surface area (Å²) in [5.41, 5.74) is 3.35. The summed E-state index contributed by atoms with van der Waals surface area (Å²) >= 11 is 1.43. The molecule has 1 amide bonds. The van der Waals surface area contributed by atoms with E-state index >= 15 is 0 Å². The Labute approximate surface area is 190 Å². The number of carbonyl (C=O) groups is 1. The Kier molecular flexibility index (Phi) is 6.50. The summed E-state index contributed by atoms with van der Waals surface area (Å²) in [7, 11) is 1.56. The van der Waals surface area contributed by atoms with Crippen molar-refractivity contribution in [2.45, 2.75) is 37.1 Å². The second kappa shape index (κ2) is 9.48. The van der Waals surface area contributed by atoms with Crippen molar-refractivity contribution in [2.24, 2.45) is 0 Å². The molecule has 1 aliphatic rings. The number of aromatic nitrogens is 2. The van der Waals surface area contributed by atoms with Gasteiger partial charge in [0.1, 0.15) is 5.82 Å². The Morgan fingerprint density at radius 3 is 2.72 bits per heavy atom. The smallest absolute Gasteiger partial charge is 0.257 e. The summed E-state index contributed by atoms with van der Waals surface area (Å²) in [6, 6.07) is 13.6. The quantitative estimate of drug-likeness (QED) is 0.412. The number of fused-ring (bicyclic) bond motifs is 1. The van der Waals surface area contributed by atoms with Crippen molar-refractivity contribution >= 4 is 23.5 Å². The lowest BCUT2D eigenvalue weighted by atomic mass is 9.86. The molecule has 0 saturated heterocycles. The molecule has 8 heteroatoms. The highest BCUT2D eigenvalue weighted by atomic mass is 32.2. The van der Waals surface area contributed by atoms with Gasteiger partial charge in [-0.2, -0.15) is 0 Å². The summed E-state index contributed by atoms with van der Waals surface area (Å²) in [5, 5.41) is 3.25. The van der Waals surface area contributed by atoms with E-state index in [4.69, 9.17) is 9.47 Å². The van der Waals surface area contributed by atoms with Crippen molar-refractivity contribution in [2.75, 3.05) is 19.0 Å². The van der Waals surface area contributed by atoms with E-state index in [2.05, 4.69) is 34.3 Å². The molecular weight excluding hydrogens is 426 g/mol. The largest absolute Gasteiger partial charge is 0.493 e. The number of rotatable bonds is 7. The van der Waals surface area contributed by atoms with Gasteiger partial charge in [0.25, 0.3) is 5.56 Å². The highest BCUT2D eigenvalue weighted by molar-refractivity contribution is 7.98. The Morgan fingerprint density at radius 2 is 1.97 bits per heavy atom. The molecule has 2 heterocycles.